The van der Waals surface area contributed by atoms with Crippen LogP contribution in [0.1, 0.15) is 53.5 Å². The molecule has 1 atom stereocenters. The van der Waals surface area contributed by atoms with E-state index in [0.717, 1.165) is 12.0 Å². The van der Waals surface area contributed by atoms with Crippen molar-refractivity contribution >= 4 is 17.5 Å². The molecule has 32 heavy (non-hydrogen) atoms. The Balaban J connectivity index is 0. The van der Waals surface area contributed by atoms with Crippen LogP contribution in [0.2, 0.25) is 5.02 Å². The summed E-state index contributed by atoms with van der Waals surface area (Å²) in [6.07, 6.45) is 12.2. The number of benzene rings is 1. The Hall–Kier alpha value is -2.34. The molecule has 1 aromatic rings. The van der Waals surface area contributed by atoms with Crippen molar-refractivity contribution < 1.29 is 19.7 Å². The van der Waals surface area contributed by atoms with E-state index in [1.165, 1.54) is 17.1 Å². The number of nitrogens with zero attached hydrogens (tertiary/aromatic N) is 1. The van der Waals surface area contributed by atoms with Crippen LogP contribution < -0.4 is 0 Å². The van der Waals surface area contributed by atoms with Crippen molar-refractivity contribution in [1.82, 2.24) is 4.90 Å². The third-order valence-corrected chi connectivity index (χ3v) is 4.12. The molecular formula is C26H40ClNO4. The minimum Gasteiger partial charge on any atom is -0.513 e. The van der Waals surface area contributed by atoms with E-state index in [4.69, 9.17) is 21.4 Å². The Kier molecular flexibility index (Phi) is 19.3. The molecule has 0 aliphatic rings. The molecule has 0 aliphatic heterocycles. The van der Waals surface area contributed by atoms with E-state index in [1.54, 1.807) is 64.4 Å². The molecule has 2 N–H and O–H groups in total. The van der Waals surface area contributed by atoms with Crippen molar-refractivity contribution in [3.8, 4) is 0 Å². The van der Waals surface area contributed by atoms with Gasteiger partial charge in [-0.1, -0.05) is 68.8 Å². The summed E-state index contributed by atoms with van der Waals surface area (Å²) < 4.78 is 4.95. The first-order chi connectivity index (χ1) is 15.2. The molecule has 0 radical (unpaired) electrons. The first-order valence-electron chi connectivity index (χ1n) is 10.8. The SMILES string of the molecule is C/C=C(\C)O.C/C=C/C(O)(/C=C/COC)C(=O)N(/C=C/CC)Cc1ccc(Cl)cc1.CC. The summed E-state index contributed by atoms with van der Waals surface area (Å²) in [5.74, 6) is -0.0531. The maximum Gasteiger partial charge on any atom is 0.266 e. The zero-order valence-corrected chi connectivity index (χ0v) is 21.3. The van der Waals surface area contributed by atoms with Crippen molar-refractivity contribution in [2.75, 3.05) is 13.7 Å². The fourth-order valence-corrected chi connectivity index (χ4v) is 2.34. The third kappa shape index (κ3) is 13.9. The topological polar surface area (TPSA) is 70.0 Å². The van der Waals surface area contributed by atoms with E-state index < -0.39 is 11.5 Å². The molecular weight excluding hydrogens is 426 g/mol. The van der Waals surface area contributed by atoms with E-state index in [-0.39, 0.29) is 0 Å². The van der Waals surface area contributed by atoms with Gasteiger partial charge in [0.2, 0.25) is 0 Å². The number of hydrogen-bond donors (Lipinski definition) is 2. The number of hydrogen-bond acceptors (Lipinski definition) is 4. The zero-order valence-electron chi connectivity index (χ0n) is 20.5. The minimum atomic E-state index is -1.72. The Labute approximate surface area is 199 Å². The lowest BCUT2D eigenvalue weighted by Crippen LogP contribution is -2.44. The highest BCUT2D eigenvalue weighted by Gasteiger charge is 2.33. The van der Waals surface area contributed by atoms with Gasteiger partial charge in [-0.25, -0.2) is 0 Å². The normalized spacial score (nSPS) is 13.3. The first-order valence-corrected chi connectivity index (χ1v) is 11.2. The highest BCUT2D eigenvalue weighted by atomic mass is 35.5. The summed E-state index contributed by atoms with van der Waals surface area (Å²) in [6, 6.07) is 7.27. The van der Waals surface area contributed by atoms with Gasteiger partial charge in [0.1, 0.15) is 0 Å². The fourth-order valence-electron chi connectivity index (χ4n) is 2.22. The molecule has 0 saturated carbocycles. The van der Waals surface area contributed by atoms with Gasteiger partial charge in [0.05, 0.1) is 18.9 Å². The quantitative estimate of drug-likeness (QED) is 0.318. The average molecular weight is 466 g/mol. The molecule has 0 saturated heterocycles. The van der Waals surface area contributed by atoms with E-state index in [1.807, 2.05) is 39.0 Å². The van der Waals surface area contributed by atoms with Gasteiger partial charge in [-0.2, -0.15) is 0 Å². The standard InChI is InChI=1S/C20H26ClNO3.C4H8O.C2H6/c1-4-6-14-22(16-17-8-10-18(21)11-9-17)19(23)20(24,12-5-2)13-7-15-25-3;1-3-4(2)5;1-2/h5-14,24H,4,15-16H2,1-3H3;3,5H,1-2H3;1-2H3/b12-5+,13-7+,14-6+;4-3+;. The molecule has 0 spiro atoms. The van der Waals surface area contributed by atoms with Crippen molar-refractivity contribution in [2.45, 2.75) is 60.1 Å². The summed E-state index contributed by atoms with van der Waals surface area (Å²) in [5, 5.41) is 19.7. The zero-order chi connectivity index (χ0) is 25.0. The lowest BCUT2D eigenvalue weighted by molar-refractivity contribution is -0.140. The van der Waals surface area contributed by atoms with Crippen LogP contribution >= 0.6 is 11.6 Å². The highest BCUT2D eigenvalue weighted by molar-refractivity contribution is 6.30. The molecule has 1 amide bonds. The average Bonchev–Trinajstić information content (AvgIpc) is 2.79. The summed E-state index contributed by atoms with van der Waals surface area (Å²) in [5.41, 5.74) is -0.806. The molecule has 1 unspecified atom stereocenters. The molecule has 0 aromatic heterocycles. The highest BCUT2D eigenvalue weighted by Crippen LogP contribution is 2.18. The maximum absolute atomic E-state index is 13.0. The van der Waals surface area contributed by atoms with Crippen LogP contribution in [0.5, 0.6) is 0 Å². The Morgan fingerprint density at radius 2 is 1.72 bits per heavy atom. The number of ether oxygens (including phenoxy) is 1. The van der Waals surface area contributed by atoms with Crippen molar-refractivity contribution in [2.24, 2.45) is 0 Å². The first kappa shape index (κ1) is 31.8. The molecule has 0 heterocycles. The number of methoxy groups -OCH3 is 1. The number of aliphatic hydroxyl groups excluding tert-OH is 1. The fraction of sp³-hybridized carbons (Fsp3) is 0.423. The van der Waals surface area contributed by atoms with Crippen LogP contribution in [-0.4, -0.2) is 40.3 Å². The Bertz CT molecular complexity index is 735. The molecule has 180 valence electrons. The van der Waals surface area contributed by atoms with E-state index in [9.17, 15) is 9.90 Å². The van der Waals surface area contributed by atoms with Gasteiger partial charge >= 0.3 is 0 Å². The largest absolute Gasteiger partial charge is 0.513 e. The second-order valence-corrected chi connectivity index (χ2v) is 6.90. The van der Waals surface area contributed by atoms with Crippen molar-refractivity contribution in [1.29, 1.82) is 0 Å². The second-order valence-electron chi connectivity index (χ2n) is 6.47. The van der Waals surface area contributed by atoms with Crippen LogP contribution in [0.4, 0.5) is 0 Å². The van der Waals surface area contributed by atoms with Crippen molar-refractivity contribution in [3.05, 3.63) is 83.3 Å². The summed E-state index contributed by atoms with van der Waals surface area (Å²) >= 11 is 5.91. The predicted octanol–water partition coefficient (Wildman–Crippen LogP) is 6.60. The van der Waals surface area contributed by atoms with Crippen LogP contribution in [0.15, 0.2) is 72.7 Å². The Morgan fingerprint density at radius 3 is 2.16 bits per heavy atom. The number of rotatable bonds is 9. The predicted molar refractivity (Wildman–Crippen MR) is 136 cm³/mol. The number of allylic oxidation sites excluding steroid dienone is 4. The smallest absolute Gasteiger partial charge is 0.266 e. The number of carbonyl (C=O) groups excluding carboxylic acids is 1. The van der Waals surface area contributed by atoms with E-state index in [2.05, 4.69) is 0 Å². The lowest BCUT2D eigenvalue weighted by Gasteiger charge is -2.27. The van der Waals surface area contributed by atoms with Gasteiger partial charge in [-0.05, 0) is 57.0 Å². The van der Waals surface area contributed by atoms with Gasteiger partial charge in [0.25, 0.3) is 5.91 Å². The molecule has 0 bridgehead atoms. The lowest BCUT2D eigenvalue weighted by atomic mass is 10.00. The number of carbonyl (C=O) groups is 1. The molecule has 1 aromatic carbocycles. The Morgan fingerprint density at radius 1 is 1.16 bits per heavy atom. The minimum absolute atomic E-state index is 0.315. The van der Waals surface area contributed by atoms with Gasteiger partial charge < -0.3 is 19.8 Å². The van der Waals surface area contributed by atoms with E-state index >= 15 is 0 Å². The number of aliphatic hydroxyl groups is 2. The monoisotopic (exact) mass is 465 g/mol. The van der Waals surface area contributed by atoms with Gasteiger partial charge in [-0.15, -0.1) is 0 Å². The molecule has 6 heteroatoms. The summed E-state index contributed by atoms with van der Waals surface area (Å²) in [7, 11) is 1.55. The molecule has 0 fully saturated rings. The van der Waals surface area contributed by atoms with Crippen LogP contribution in [0, 0.1) is 0 Å². The number of halogens is 1. The van der Waals surface area contributed by atoms with Gasteiger partial charge in [-0.3, -0.25) is 4.79 Å². The van der Waals surface area contributed by atoms with Crippen LogP contribution in [0.3, 0.4) is 0 Å². The second kappa shape index (κ2) is 19.4. The molecule has 1 rings (SSSR count). The molecule has 0 aliphatic carbocycles. The maximum atomic E-state index is 13.0. The summed E-state index contributed by atoms with van der Waals surface area (Å²) in [4.78, 5) is 14.5. The number of amides is 1. The van der Waals surface area contributed by atoms with Crippen LogP contribution in [0.25, 0.3) is 0 Å². The van der Waals surface area contributed by atoms with Gasteiger partial charge in [0, 0.05) is 18.3 Å². The summed E-state index contributed by atoms with van der Waals surface area (Å²) in [6.45, 7) is 11.8. The van der Waals surface area contributed by atoms with Gasteiger partial charge in [0.15, 0.2) is 5.60 Å². The van der Waals surface area contributed by atoms with E-state index in [0.29, 0.717) is 23.9 Å². The molecule has 5 nitrogen and oxygen atoms in total. The third-order valence-electron chi connectivity index (χ3n) is 3.86. The van der Waals surface area contributed by atoms with Crippen LogP contribution in [-0.2, 0) is 16.1 Å². The van der Waals surface area contributed by atoms with Crippen molar-refractivity contribution in [3.63, 3.8) is 0 Å².